The van der Waals surface area contributed by atoms with E-state index in [4.69, 9.17) is 26.2 Å². The lowest BCUT2D eigenvalue weighted by Gasteiger charge is -2.07. The van der Waals surface area contributed by atoms with Crippen LogP contribution in [0.2, 0.25) is 5.15 Å². The Kier molecular flexibility index (Phi) is 7.68. The third-order valence-electron chi connectivity index (χ3n) is 4.42. The molecule has 2 N–H and O–H groups in total. The van der Waals surface area contributed by atoms with Crippen molar-refractivity contribution in [2.24, 2.45) is 5.14 Å². The van der Waals surface area contributed by atoms with E-state index in [2.05, 4.69) is 5.10 Å². The number of ether oxygens (including phenoxy) is 2. The first kappa shape index (κ1) is 23.5. The predicted octanol–water partition coefficient (Wildman–Crippen LogP) is 3.18. The topological polar surface area (TPSA) is 114 Å². The lowest BCUT2D eigenvalue weighted by molar-refractivity contribution is -0.138. The summed E-state index contributed by atoms with van der Waals surface area (Å²) in [6.07, 6.45) is 2.85. The van der Waals surface area contributed by atoms with Crippen LogP contribution in [0.15, 0.2) is 65.6 Å². The van der Waals surface area contributed by atoms with Crippen molar-refractivity contribution in [3.8, 4) is 5.75 Å². The molecule has 0 spiro atoms. The van der Waals surface area contributed by atoms with Crippen LogP contribution in [0.3, 0.4) is 0 Å². The monoisotopic (exact) mass is 475 g/mol. The highest BCUT2D eigenvalue weighted by atomic mass is 35.5. The van der Waals surface area contributed by atoms with E-state index in [-0.39, 0.29) is 18.1 Å². The fourth-order valence-electron chi connectivity index (χ4n) is 2.84. The van der Waals surface area contributed by atoms with Crippen molar-refractivity contribution in [3.63, 3.8) is 0 Å². The van der Waals surface area contributed by atoms with Crippen molar-refractivity contribution in [2.45, 2.75) is 18.4 Å². The van der Waals surface area contributed by atoms with Crippen molar-refractivity contribution >= 4 is 33.7 Å². The Bertz CT molecular complexity index is 1210. The Morgan fingerprint density at radius 1 is 1.12 bits per heavy atom. The Labute approximate surface area is 191 Å². The number of benzene rings is 2. The zero-order valence-electron chi connectivity index (χ0n) is 17.3. The summed E-state index contributed by atoms with van der Waals surface area (Å²) in [7, 11) is -3.75. The van der Waals surface area contributed by atoms with Gasteiger partial charge in [-0.25, -0.2) is 23.0 Å². The van der Waals surface area contributed by atoms with Gasteiger partial charge in [0.1, 0.15) is 24.1 Å². The van der Waals surface area contributed by atoms with E-state index in [0.29, 0.717) is 28.7 Å². The van der Waals surface area contributed by atoms with E-state index >= 15 is 0 Å². The smallest absolute Gasteiger partial charge is 0.330 e. The Morgan fingerprint density at radius 2 is 1.81 bits per heavy atom. The van der Waals surface area contributed by atoms with Gasteiger partial charge in [-0.3, -0.25) is 0 Å². The number of aryl methyl sites for hydroxylation is 1. The van der Waals surface area contributed by atoms with Crippen LogP contribution in [-0.4, -0.2) is 37.4 Å². The van der Waals surface area contributed by atoms with Gasteiger partial charge in [0.05, 0.1) is 17.1 Å². The van der Waals surface area contributed by atoms with Crippen molar-refractivity contribution in [3.05, 3.63) is 82.6 Å². The molecule has 0 aliphatic carbocycles. The highest BCUT2D eigenvalue weighted by molar-refractivity contribution is 7.89. The zero-order chi connectivity index (χ0) is 23.1. The highest BCUT2D eigenvalue weighted by Crippen LogP contribution is 2.22. The quantitative estimate of drug-likeness (QED) is 0.289. The van der Waals surface area contributed by atoms with Gasteiger partial charge in [-0.2, -0.15) is 5.10 Å². The number of primary sulfonamides is 1. The minimum Gasteiger partial charge on any atom is -0.490 e. The van der Waals surface area contributed by atoms with Crippen molar-refractivity contribution in [2.75, 3.05) is 13.2 Å². The molecule has 0 bridgehead atoms. The Balaban J connectivity index is 1.49. The summed E-state index contributed by atoms with van der Waals surface area (Å²) in [4.78, 5) is 12.0. The number of nitrogens with two attached hydrogens (primary N) is 1. The molecule has 0 saturated heterocycles. The summed E-state index contributed by atoms with van der Waals surface area (Å²) in [5.41, 5.74) is 2.40. The van der Waals surface area contributed by atoms with Crippen LogP contribution < -0.4 is 9.88 Å². The molecule has 0 radical (unpaired) electrons. The molecule has 0 atom stereocenters. The zero-order valence-corrected chi connectivity index (χ0v) is 18.8. The largest absolute Gasteiger partial charge is 0.490 e. The first-order valence-corrected chi connectivity index (χ1v) is 11.5. The van der Waals surface area contributed by atoms with E-state index in [1.165, 1.54) is 30.3 Å². The first-order valence-electron chi connectivity index (χ1n) is 9.61. The second kappa shape index (κ2) is 10.4. The minimum absolute atomic E-state index is 0.0116. The number of aromatic nitrogens is 2. The van der Waals surface area contributed by atoms with Gasteiger partial charge in [0.15, 0.2) is 0 Å². The molecule has 3 rings (SSSR count). The number of hydrogen-bond acceptors (Lipinski definition) is 6. The fourth-order valence-corrected chi connectivity index (χ4v) is 3.66. The SMILES string of the molecule is Cc1nn(Cc2ccccc2)c(Cl)c1/C=C/C(=O)OCCOc1ccc(S(N)(=O)=O)cc1. The van der Waals surface area contributed by atoms with E-state index in [1.807, 2.05) is 37.3 Å². The van der Waals surface area contributed by atoms with Gasteiger partial charge in [0.2, 0.25) is 10.0 Å². The van der Waals surface area contributed by atoms with E-state index in [9.17, 15) is 13.2 Å². The molecule has 0 fully saturated rings. The fraction of sp³-hybridized carbons (Fsp3) is 0.182. The Hall–Kier alpha value is -3.14. The number of sulfonamides is 1. The third-order valence-corrected chi connectivity index (χ3v) is 5.75. The molecule has 0 unspecified atom stereocenters. The number of nitrogens with zero attached hydrogens (tertiary/aromatic N) is 2. The number of halogens is 1. The Morgan fingerprint density at radius 3 is 2.47 bits per heavy atom. The van der Waals surface area contributed by atoms with Gasteiger partial charge < -0.3 is 9.47 Å². The number of esters is 1. The molecule has 1 heterocycles. The minimum atomic E-state index is -3.75. The maximum absolute atomic E-state index is 12.0. The third kappa shape index (κ3) is 6.43. The van der Waals surface area contributed by atoms with Crippen LogP contribution in [0.1, 0.15) is 16.8 Å². The van der Waals surface area contributed by atoms with Crippen LogP contribution in [0, 0.1) is 6.92 Å². The van der Waals surface area contributed by atoms with E-state index in [1.54, 1.807) is 10.8 Å². The molecule has 0 aliphatic heterocycles. The van der Waals surface area contributed by atoms with Crippen LogP contribution in [0.4, 0.5) is 0 Å². The second-order valence-corrected chi connectivity index (χ2v) is 8.72. The lowest BCUT2D eigenvalue weighted by Crippen LogP contribution is -2.12. The molecule has 8 nitrogen and oxygen atoms in total. The maximum Gasteiger partial charge on any atom is 0.330 e. The summed E-state index contributed by atoms with van der Waals surface area (Å²) < 4.78 is 34.7. The van der Waals surface area contributed by atoms with E-state index in [0.717, 1.165) is 5.56 Å². The van der Waals surface area contributed by atoms with Gasteiger partial charge in [-0.1, -0.05) is 41.9 Å². The number of hydrogen-bond donors (Lipinski definition) is 1. The lowest BCUT2D eigenvalue weighted by atomic mass is 10.2. The van der Waals surface area contributed by atoms with Gasteiger partial charge in [0, 0.05) is 11.6 Å². The molecule has 0 amide bonds. The standard InChI is InChI=1S/C22H22ClN3O5S/c1-16-20(22(23)26(25-16)15-17-5-3-2-4-6-17)11-12-21(27)31-14-13-30-18-7-9-19(10-8-18)32(24,28)29/h2-12H,13-15H2,1H3,(H2,24,28,29)/b12-11+. The van der Waals surface area contributed by atoms with Crippen molar-refractivity contribution < 1.29 is 22.7 Å². The average molecular weight is 476 g/mol. The van der Waals surface area contributed by atoms with Gasteiger partial charge >= 0.3 is 5.97 Å². The molecule has 3 aromatic rings. The van der Waals surface area contributed by atoms with Crippen molar-refractivity contribution in [1.82, 2.24) is 9.78 Å². The van der Waals surface area contributed by atoms with Gasteiger partial charge in [0.25, 0.3) is 0 Å². The predicted molar refractivity (Wildman–Crippen MR) is 121 cm³/mol. The van der Waals surface area contributed by atoms with Crippen LogP contribution in [0.5, 0.6) is 5.75 Å². The number of carbonyl (C=O) groups is 1. The van der Waals surface area contributed by atoms with Crippen LogP contribution in [0.25, 0.3) is 6.08 Å². The molecule has 1 aromatic heterocycles. The molecule has 0 aliphatic rings. The van der Waals surface area contributed by atoms with Crippen LogP contribution >= 0.6 is 11.6 Å². The molecular weight excluding hydrogens is 454 g/mol. The molecule has 168 valence electrons. The summed E-state index contributed by atoms with van der Waals surface area (Å²) in [6, 6.07) is 15.4. The van der Waals surface area contributed by atoms with Gasteiger partial charge in [-0.15, -0.1) is 0 Å². The average Bonchev–Trinajstić information content (AvgIpc) is 3.02. The number of rotatable bonds is 9. The summed E-state index contributed by atoms with van der Waals surface area (Å²) in [5, 5.41) is 9.90. The molecule has 0 saturated carbocycles. The number of carbonyl (C=O) groups excluding carboxylic acids is 1. The molecule has 32 heavy (non-hydrogen) atoms. The normalized spacial score (nSPS) is 11.6. The summed E-state index contributed by atoms with van der Waals surface area (Å²) >= 11 is 6.43. The maximum atomic E-state index is 12.0. The van der Waals surface area contributed by atoms with Crippen LogP contribution in [-0.2, 0) is 26.1 Å². The highest BCUT2D eigenvalue weighted by Gasteiger charge is 2.12. The second-order valence-electron chi connectivity index (χ2n) is 6.80. The van der Waals surface area contributed by atoms with Gasteiger partial charge in [-0.05, 0) is 42.8 Å². The van der Waals surface area contributed by atoms with E-state index < -0.39 is 16.0 Å². The first-order chi connectivity index (χ1) is 15.2. The molecule has 2 aromatic carbocycles. The summed E-state index contributed by atoms with van der Waals surface area (Å²) in [6.45, 7) is 2.45. The van der Waals surface area contributed by atoms with Crippen molar-refractivity contribution in [1.29, 1.82) is 0 Å². The summed E-state index contributed by atoms with van der Waals surface area (Å²) in [5.74, 6) is -0.123. The molecular formula is C22H22ClN3O5S. The molecule has 10 heteroatoms.